The van der Waals surface area contributed by atoms with Crippen molar-refractivity contribution in [3.63, 3.8) is 0 Å². The van der Waals surface area contributed by atoms with Gasteiger partial charge < -0.3 is 10.8 Å². The molecule has 0 aliphatic heterocycles. The molecule has 0 aliphatic carbocycles. The van der Waals surface area contributed by atoms with Gasteiger partial charge in [-0.25, -0.2) is 4.39 Å². The first-order valence-corrected chi connectivity index (χ1v) is 4.25. The van der Waals surface area contributed by atoms with Gasteiger partial charge in [-0.15, -0.1) is 12.4 Å². The van der Waals surface area contributed by atoms with Crippen LogP contribution in [0.4, 0.5) is 4.39 Å². The van der Waals surface area contributed by atoms with E-state index in [4.69, 9.17) is 5.73 Å². The molecule has 0 aliphatic rings. The van der Waals surface area contributed by atoms with E-state index in [1.807, 2.05) is 0 Å². The zero-order chi connectivity index (χ0) is 9.30. The molecular weight excluding hydrogens is 260 g/mol. The SMILES string of the molecule is C[C@H](N)c1cc(F)cc(Br)c1O.Cl. The topological polar surface area (TPSA) is 46.2 Å². The molecule has 0 heterocycles. The molecule has 3 N–H and O–H groups in total. The van der Waals surface area contributed by atoms with Gasteiger partial charge in [-0.1, -0.05) is 0 Å². The van der Waals surface area contributed by atoms with Crippen molar-refractivity contribution in [2.45, 2.75) is 13.0 Å². The van der Waals surface area contributed by atoms with Gasteiger partial charge in [0.25, 0.3) is 0 Å². The number of halogens is 3. The molecule has 1 rings (SSSR count). The van der Waals surface area contributed by atoms with E-state index in [0.717, 1.165) is 0 Å². The van der Waals surface area contributed by atoms with E-state index in [-0.39, 0.29) is 24.2 Å². The summed E-state index contributed by atoms with van der Waals surface area (Å²) in [6.07, 6.45) is 0. The standard InChI is InChI=1S/C8H9BrFNO.ClH/c1-4(11)6-2-5(10)3-7(9)8(6)12;/h2-4,12H,11H2,1H3;1H/t4-;/m0./s1. The molecule has 0 unspecified atom stereocenters. The maximum Gasteiger partial charge on any atom is 0.134 e. The van der Waals surface area contributed by atoms with Crippen LogP contribution in [0.2, 0.25) is 0 Å². The lowest BCUT2D eigenvalue weighted by Gasteiger charge is -2.09. The summed E-state index contributed by atoms with van der Waals surface area (Å²) in [7, 11) is 0. The number of benzene rings is 1. The number of phenols is 1. The summed E-state index contributed by atoms with van der Waals surface area (Å²) in [6.45, 7) is 1.68. The molecule has 5 heteroatoms. The molecular formula is C8H10BrClFNO. The second kappa shape index (κ2) is 4.79. The van der Waals surface area contributed by atoms with Crippen molar-refractivity contribution < 1.29 is 9.50 Å². The highest BCUT2D eigenvalue weighted by Crippen LogP contribution is 2.31. The number of phenolic OH excluding ortho intramolecular Hbond substituents is 1. The molecule has 0 saturated heterocycles. The molecule has 2 nitrogen and oxygen atoms in total. The summed E-state index contributed by atoms with van der Waals surface area (Å²) in [6, 6.07) is 2.04. The van der Waals surface area contributed by atoms with Gasteiger partial charge in [0.05, 0.1) is 4.47 Å². The molecule has 74 valence electrons. The Morgan fingerprint density at radius 2 is 2.08 bits per heavy atom. The van der Waals surface area contributed by atoms with Gasteiger partial charge in [0.2, 0.25) is 0 Å². The zero-order valence-electron chi connectivity index (χ0n) is 6.92. The van der Waals surface area contributed by atoms with Crippen LogP contribution < -0.4 is 5.73 Å². The van der Waals surface area contributed by atoms with Crippen LogP contribution in [0.3, 0.4) is 0 Å². The number of aromatic hydroxyl groups is 1. The van der Waals surface area contributed by atoms with E-state index in [1.165, 1.54) is 12.1 Å². The van der Waals surface area contributed by atoms with Crippen LogP contribution in [0.15, 0.2) is 16.6 Å². The molecule has 0 amide bonds. The van der Waals surface area contributed by atoms with Crippen molar-refractivity contribution in [1.82, 2.24) is 0 Å². The average molecular weight is 271 g/mol. The Balaban J connectivity index is 0.00000144. The second-order valence-electron chi connectivity index (χ2n) is 2.61. The van der Waals surface area contributed by atoms with Crippen LogP contribution in [-0.2, 0) is 0 Å². The molecule has 0 bridgehead atoms. The van der Waals surface area contributed by atoms with Crippen molar-refractivity contribution in [2.24, 2.45) is 5.73 Å². The Labute approximate surface area is 90.5 Å². The lowest BCUT2D eigenvalue weighted by Crippen LogP contribution is -2.05. The van der Waals surface area contributed by atoms with Gasteiger partial charge >= 0.3 is 0 Å². The molecule has 1 aromatic carbocycles. The first-order chi connectivity index (χ1) is 5.52. The Morgan fingerprint density at radius 1 is 1.54 bits per heavy atom. The van der Waals surface area contributed by atoms with E-state index >= 15 is 0 Å². The second-order valence-corrected chi connectivity index (χ2v) is 3.47. The maximum absolute atomic E-state index is 12.8. The Kier molecular flexibility index (Phi) is 4.67. The fraction of sp³-hybridized carbons (Fsp3) is 0.250. The van der Waals surface area contributed by atoms with Crippen molar-refractivity contribution in [3.05, 3.63) is 28.0 Å². The van der Waals surface area contributed by atoms with E-state index < -0.39 is 5.82 Å². The highest BCUT2D eigenvalue weighted by molar-refractivity contribution is 9.10. The molecule has 0 saturated carbocycles. The van der Waals surface area contributed by atoms with Crippen LogP contribution in [-0.4, -0.2) is 5.11 Å². The monoisotopic (exact) mass is 269 g/mol. The third-order valence-corrected chi connectivity index (χ3v) is 2.15. The molecule has 0 spiro atoms. The number of hydrogen-bond donors (Lipinski definition) is 2. The predicted molar refractivity (Wildman–Crippen MR) is 55.6 cm³/mol. The highest BCUT2D eigenvalue weighted by Gasteiger charge is 2.10. The van der Waals surface area contributed by atoms with Gasteiger partial charge in [-0.3, -0.25) is 0 Å². The quantitative estimate of drug-likeness (QED) is 0.824. The molecule has 1 atom stereocenters. The largest absolute Gasteiger partial charge is 0.506 e. The first kappa shape index (κ1) is 12.7. The third-order valence-electron chi connectivity index (χ3n) is 1.55. The molecule has 0 fully saturated rings. The summed E-state index contributed by atoms with van der Waals surface area (Å²) in [5, 5.41) is 9.40. The van der Waals surface area contributed by atoms with Crippen LogP contribution in [0.5, 0.6) is 5.75 Å². The van der Waals surface area contributed by atoms with Crippen molar-refractivity contribution in [1.29, 1.82) is 0 Å². The molecule has 0 aromatic heterocycles. The first-order valence-electron chi connectivity index (χ1n) is 3.46. The Morgan fingerprint density at radius 3 is 2.54 bits per heavy atom. The van der Waals surface area contributed by atoms with Crippen LogP contribution in [0.25, 0.3) is 0 Å². The van der Waals surface area contributed by atoms with E-state index in [1.54, 1.807) is 6.92 Å². The lowest BCUT2D eigenvalue weighted by molar-refractivity contribution is 0.457. The minimum absolute atomic E-state index is 0. The molecule has 0 radical (unpaired) electrons. The van der Waals surface area contributed by atoms with Gasteiger partial charge in [0.1, 0.15) is 11.6 Å². The van der Waals surface area contributed by atoms with Gasteiger partial charge in [0.15, 0.2) is 0 Å². The van der Waals surface area contributed by atoms with Crippen molar-refractivity contribution in [3.8, 4) is 5.75 Å². The van der Waals surface area contributed by atoms with Crippen LogP contribution >= 0.6 is 28.3 Å². The zero-order valence-corrected chi connectivity index (χ0v) is 9.32. The van der Waals surface area contributed by atoms with Gasteiger partial charge in [-0.05, 0) is 35.0 Å². The van der Waals surface area contributed by atoms with E-state index in [9.17, 15) is 9.50 Å². The number of nitrogens with two attached hydrogens (primary N) is 1. The van der Waals surface area contributed by atoms with Crippen LogP contribution in [0.1, 0.15) is 18.5 Å². The van der Waals surface area contributed by atoms with Crippen LogP contribution in [0, 0.1) is 5.82 Å². The summed E-state index contributed by atoms with van der Waals surface area (Å²) < 4.78 is 13.1. The predicted octanol–water partition coefficient (Wildman–Crippen LogP) is 2.74. The van der Waals surface area contributed by atoms with Gasteiger partial charge in [-0.2, -0.15) is 0 Å². The highest BCUT2D eigenvalue weighted by atomic mass is 79.9. The summed E-state index contributed by atoms with van der Waals surface area (Å²) in [4.78, 5) is 0. The van der Waals surface area contributed by atoms with Crippen molar-refractivity contribution >= 4 is 28.3 Å². The minimum atomic E-state index is -0.410. The normalized spacial score (nSPS) is 12.0. The number of hydrogen-bond acceptors (Lipinski definition) is 2. The smallest absolute Gasteiger partial charge is 0.134 e. The van der Waals surface area contributed by atoms with Gasteiger partial charge in [0, 0.05) is 11.6 Å². The third kappa shape index (κ3) is 2.83. The van der Waals surface area contributed by atoms with E-state index in [2.05, 4.69) is 15.9 Å². The maximum atomic E-state index is 12.8. The van der Waals surface area contributed by atoms with E-state index in [0.29, 0.717) is 10.0 Å². The minimum Gasteiger partial charge on any atom is -0.506 e. The molecule has 1 aromatic rings. The Hall–Kier alpha value is -0.320. The fourth-order valence-electron chi connectivity index (χ4n) is 0.933. The lowest BCUT2D eigenvalue weighted by atomic mass is 10.1. The van der Waals surface area contributed by atoms with Crippen molar-refractivity contribution in [2.75, 3.05) is 0 Å². The summed E-state index contributed by atoms with van der Waals surface area (Å²) >= 11 is 3.02. The Bertz CT molecular complexity index is 306. The molecule has 13 heavy (non-hydrogen) atoms. The summed E-state index contributed by atoms with van der Waals surface area (Å²) in [5.74, 6) is -0.404. The fourth-order valence-corrected chi connectivity index (χ4v) is 1.38. The number of rotatable bonds is 1. The average Bonchev–Trinajstić information content (AvgIpc) is 1.96. The summed E-state index contributed by atoms with van der Waals surface area (Å²) in [5.41, 5.74) is 5.91.